The van der Waals surface area contributed by atoms with Crippen molar-refractivity contribution in [1.29, 1.82) is 0 Å². The first-order valence-corrected chi connectivity index (χ1v) is 6.69. The molecule has 0 radical (unpaired) electrons. The second-order valence-electron chi connectivity index (χ2n) is 4.42. The Balaban J connectivity index is 2.09. The van der Waals surface area contributed by atoms with Crippen LogP contribution in [-0.2, 0) is 0 Å². The SMILES string of the molecule is COc1cccc(-c2nnn(-c3ccccc3Cl)c2N)c1. The normalized spacial score (nSPS) is 10.6. The summed E-state index contributed by atoms with van der Waals surface area (Å²) in [5, 5.41) is 8.81. The van der Waals surface area contributed by atoms with Gasteiger partial charge in [-0.3, -0.25) is 0 Å². The molecule has 0 fully saturated rings. The fourth-order valence-corrected chi connectivity index (χ4v) is 2.28. The molecule has 5 nitrogen and oxygen atoms in total. The fraction of sp³-hybridized carbons (Fsp3) is 0.0667. The third-order valence-electron chi connectivity index (χ3n) is 3.13. The monoisotopic (exact) mass is 300 g/mol. The molecule has 0 saturated heterocycles. The molecule has 0 aliphatic rings. The maximum absolute atomic E-state index is 6.17. The lowest BCUT2D eigenvalue weighted by Gasteiger charge is -2.06. The van der Waals surface area contributed by atoms with Crippen molar-refractivity contribution in [2.75, 3.05) is 12.8 Å². The largest absolute Gasteiger partial charge is 0.497 e. The minimum absolute atomic E-state index is 0.427. The molecule has 6 heteroatoms. The minimum Gasteiger partial charge on any atom is -0.497 e. The summed E-state index contributed by atoms with van der Waals surface area (Å²) in [6.07, 6.45) is 0. The molecule has 2 N–H and O–H groups in total. The van der Waals surface area contributed by atoms with Crippen LogP contribution >= 0.6 is 11.6 Å². The third-order valence-corrected chi connectivity index (χ3v) is 3.45. The van der Waals surface area contributed by atoms with E-state index in [0.717, 1.165) is 11.3 Å². The first kappa shape index (κ1) is 13.5. The Hall–Kier alpha value is -2.53. The molecule has 3 rings (SSSR count). The molecule has 0 unspecified atom stereocenters. The summed E-state index contributed by atoms with van der Waals surface area (Å²) >= 11 is 6.17. The van der Waals surface area contributed by atoms with Crippen LogP contribution in [0.2, 0.25) is 5.02 Å². The molecule has 21 heavy (non-hydrogen) atoms. The molecule has 0 aliphatic heterocycles. The summed E-state index contributed by atoms with van der Waals surface area (Å²) in [5.74, 6) is 1.16. The Bertz CT molecular complexity index is 785. The summed E-state index contributed by atoms with van der Waals surface area (Å²) in [7, 11) is 1.61. The van der Waals surface area contributed by atoms with Crippen LogP contribution < -0.4 is 10.5 Å². The maximum atomic E-state index is 6.17. The minimum atomic E-state index is 0.427. The van der Waals surface area contributed by atoms with Gasteiger partial charge in [-0.2, -0.15) is 4.68 Å². The number of aromatic nitrogens is 3. The van der Waals surface area contributed by atoms with Gasteiger partial charge >= 0.3 is 0 Å². The third kappa shape index (κ3) is 2.43. The van der Waals surface area contributed by atoms with Crippen LogP contribution in [0.4, 0.5) is 5.82 Å². The second kappa shape index (κ2) is 5.46. The van der Waals surface area contributed by atoms with Crippen molar-refractivity contribution in [1.82, 2.24) is 15.0 Å². The summed E-state index contributed by atoms with van der Waals surface area (Å²) in [5.41, 5.74) is 8.29. The number of rotatable bonds is 3. The van der Waals surface area contributed by atoms with Gasteiger partial charge in [-0.25, -0.2) is 0 Å². The number of methoxy groups -OCH3 is 1. The van der Waals surface area contributed by atoms with Crippen molar-refractivity contribution in [2.45, 2.75) is 0 Å². The summed E-state index contributed by atoms with van der Waals surface area (Å²) in [6, 6.07) is 14.8. The van der Waals surface area contributed by atoms with Crippen LogP contribution in [0.5, 0.6) is 5.75 Å². The number of benzene rings is 2. The molecule has 0 amide bonds. The highest BCUT2D eigenvalue weighted by Gasteiger charge is 2.15. The Morgan fingerprint density at radius 1 is 1.14 bits per heavy atom. The number of ether oxygens (including phenoxy) is 1. The van der Waals surface area contributed by atoms with E-state index in [1.165, 1.54) is 4.68 Å². The zero-order valence-electron chi connectivity index (χ0n) is 11.3. The highest BCUT2D eigenvalue weighted by Crippen LogP contribution is 2.29. The van der Waals surface area contributed by atoms with Gasteiger partial charge in [0.2, 0.25) is 0 Å². The number of hydrogen-bond acceptors (Lipinski definition) is 4. The van der Waals surface area contributed by atoms with Crippen LogP contribution in [0, 0.1) is 0 Å². The van der Waals surface area contributed by atoms with Crippen molar-refractivity contribution < 1.29 is 4.74 Å². The smallest absolute Gasteiger partial charge is 0.155 e. The molecule has 0 bridgehead atoms. The number of para-hydroxylation sites is 1. The molecular weight excluding hydrogens is 288 g/mol. The summed E-state index contributed by atoms with van der Waals surface area (Å²) < 4.78 is 6.73. The molecule has 1 aromatic heterocycles. The van der Waals surface area contributed by atoms with Crippen LogP contribution in [-0.4, -0.2) is 22.1 Å². The van der Waals surface area contributed by atoms with E-state index >= 15 is 0 Å². The fourth-order valence-electron chi connectivity index (χ4n) is 2.07. The van der Waals surface area contributed by atoms with Crippen molar-refractivity contribution in [3.05, 3.63) is 53.6 Å². The molecule has 2 aromatic carbocycles. The summed E-state index contributed by atoms with van der Waals surface area (Å²) in [6.45, 7) is 0. The topological polar surface area (TPSA) is 66.0 Å². The number of nitrogens with zero attached hydrogens (tertiary/aromatic N) is 3. The number of hydrogen-bond donors (Lipinski definition) is 1. The molecule has 0 atom stereocenters. The van der Waals surface area contributed by atoms with E-state index in [9.17, 15) is 0 Å². The summed E-state index contributed by atoms with van der Waals surface area (Å²) in [4.78, 5) is 0. The average molecular weight is 301 g/mol. The lowest BCUT2D eigenvalue weighted by atomic mass is 10.1. The van der Waals surface area contributed by atoms with Gasteiger partial charge in [-0.05, 0) is 24.3 Å². The van der Waals surface area contributed by atoms with E-state index in [-0.39, 0.29) is 0 Å². The molecule has 0 aliphatic carbocycles. The van der Waals surface area contributed by atoms with E-state index in [0.29, 0.717) is 22.2 Å². The van der Waals surface area contributed by atoms with Gasteiger partial charge in [0.25, 0.3) is 0 Å². The molecule has 0 saturated carbocycles. The van der Waals surface area contributed by atoms with Gasteiger partial charge < -0.3 is 10.5 Å². The molecule has 0 spiro atoms. The molecule has 3 aromatic rings. The molecule has 106 valence electrons. The Morgan fingerprint density at radius 3 is 2.71 bits per heavy atom. The van der Waals surface area contributed by atoms with E-state index in [1.807, 2.05) is 42.5 Å². The van der Waals surface area contributed by atoms with E-state index < -0.39 is 0 Å². The van der Waals surface area contributed by atoms with E-state index in [2.05, 4.69) is 10.3 Å². The van der Waals surface area contributed by atoms with Gasteiger partial charge in [0.15, 0.2) is 5.82 Å². The van der Waals surface area contributed by atoms with Gasteiger partial charge in [-0.15, -0.1) is 5.10 Å². The standard InChI is InChI=1S/C15H13ClN4O/c1-21-11-6-4-5-10(9-11)14-15(17)20(19-18-14)13-8-3-2-7-12(13)16/h2-9H,17H2,1H3. The average Bonchev–Trinajstić information content (AvgIpc) is 2.89. The van der Waals surface area contributed by atoms with Crippen molar-refractivity contribution >= 4 is 17.4 Å². The zero-order valence-corrected chi connectivity index (χ0v) is 12.1. The van der Waals surface area contributed by atoms with Crippen LogP contribution in [0.25, 0.3) is 16.9 Å². The Morgan fingerprint density at radius 2 is 1.95 bits per heavy atom. The predicted molar refractivity (Wildman–Crippen MR) is 82.8 cm³/mol. The van der Waals surface area contributed by atoms with Crippen molar-refractivity contribution in [2.24, 2.45) is 0 Å². The Labute approximate surface area is 126 Å². The van der Waals surface area contributed by atoms with Gasteiger partial charge in [0.05, 0.1) is 17.8 Å². The van der Waals surface area contributed by atoms with Crippen LogP contribution in [0.1, 0.15) is 0 Å². The molecule has 1 heterocycles. The zero-order chi connectivity index (χ0) is 14.8. The highest BCUT2D eigenvalue weighted by molar-refractivity contribution is 6.32. The van der Waals surface area contributed by atoms with E-state index in [4.69, 9.17) is 22.1 Å². The lowest BCUT2D eigenvalue weighted by Crippen LogP contribution is -2.02. The molecular formula is C15H13ClN4O. The van der Waals surface area contributed by atoms with Crippen LogP contribution in [0.3, 0.4) is 0 Å². The van der Waals surface area contributed by atoms with Gasteiger partial charge in [0, 0.05) is 5.56 Å². The van der Waals surface area contributed by atoms with Crippen LogP contribution in [0.15, 0.2) is 48.5 Å². The highest BCUT2D eigenvalue weighted by atomic mass is 35.5. The predicted octanol–water partition coefficient (Wildman–Crippen LogP) is 3.18. The van der Waals surface area contributed by atoms with Crippen molar-refractivity contribution in [3.63, 3.8) is 0 Å². The Kier molecular flexibility index (Phi) is 3.50. The lowest BCUT2D eigenvalue weighted by molar-refractivity contribution is 0.415. The van der Waals surface area contributed by atoms with Gasteiger partial charge in [0.1, 0.15) is 11.4 Å². The number of nitrogen functional groups attached to an aromatic ring is 1. The second-order valence-corrected chi connectivity index (χ2v) is 4.83. The first-order chi connectivity index (χ1) is 10.2. The van der Waals surface area contributed by atoms with Gasteiger partial charge in [-0.1, -0.05) is 41.1 Å². The quantitative estimate of drug-likeness (QED) is 0.807. The first-order valence-electron chi connectivity index (χ1n) is 6.31. The van der Waals surface area contributed by atoms with Crippen molar-refractivity contribution in [3.8, 4) is 22.7 Å². The van der Waals surface area contributed by atoms with E-state index in [1.54, 1.807) is 13.2 Å². The number of anilines is 1. The maximum Gasteiger partial charge on any atom is 0.155 e. The number of nitrogens with two attached hydrogens (primary N) is 1. The number of halogens is 1.